The van der Waals surface area contributed by atoms with Crippen LogP contribution in [0.15, 0.2) is 48.5 Å². The van der Waals surface area contributed by atoms with Gasteiger partial charge in [-0.2, -0.15) is 0 Å². The Bertz CT molecular complexity index is 637. The van der Waals surface area contributed by atoms with Crippen molar-refractivity contribution in [2.45, 2.75) is 32.5 Å². The number of fused-ring (bicyclic) bond motifs is 1. The molecule has 3 heteroatoms. The van der Waals surface area contributed by atoms with Crippen LogP contribution in [0.4, 0.5) is 0 Å². The number of hydrogen-bond acceptors (Lipinski definition) is 3. The summed E-state index contributed by atoms with van der Waals surface area (Å²) in [7, 11) is 0. The third-order valence-electron chi connectivity index (χ3n) is 3.83. The number of benzene rings is 2. The third kappa shape index (κ3) is 3.31. The first-order valence-electron chi connectivity index (χ1n) is 7.25. The summed E-state index contributed by atoms with van der Waals surface area (Å²) >= 11 is 0. The molecular weight excluding hydrogens is 262 g/mol. The SMILES string of the molecule is Cc1ccc2c(c1)CC(C(=O)OCc1ccccc1)NC2. The molecule has 1 aliphatic heterocycles. The number of carbonyl (C=O) groups is 1. The molecule has 0 aliphatic carbocycles. The van der Waals surface area contributed by atoms with E-state index in [0.717, 1.165) is 12.1 Å². The lowest BCUT2D eigenvalue weighted by molar-refractivity contribution is -0.147. The van der Waals surface area contributed by atoms with Gasteiger partial charge in [0, 0.05) is 6.54 Å². The van der Waals surface area contributed by atoms with Crippen molar-refractivity contribution in [3.63, 3.8) is 0 Å². The largest absolute Gasteiger partial charge is 0.460 e. The van der Waals surface area contributed by atoms with Crippen LogP contribution in [0.5, 0.6) is 0 Å². The van der Waals surface area contributed by atoms with E-state index in [-0.39, 0.29) is 12.0 Å². The van der Waals surface area contributed by atoms with Gasteiger partial charge in [0.15, 0.2) is 0 Å². The van der Waals surface area contributed by atoms with Crippen molar-refractivity contribution in [1.82, 2.24) is 5.32 Å². The quantitative estimate of drug-likeness (QED) is 0.879. The molecule has 1 heterocycles. The van der Waals surface area contributed by atoms with E-state index >= 15 is 0 Å². The van der Waals surface area contributed by atoms with Crippen molar-refractivity contribution >= 4 is 5.97 Å². The molecule has 1 atom stereocenters. The number of aryl methyl sites for hydroxylation is 1. The molecule has 0 bridgehead atoms. The molecule has 108 valence electrons. The number of rotatable bonds is 3. The summed E-state index contributed by atoms with van der Waals surface area (Å²) in [6.45, 7) is 3.13. The lowest BCUT2D eigenvalue weighted by atomic mass is 9.94. The summed E-state index contributed by atoms with van der Waals surface area (Å²) in [5.41, 5.74) is 4.76. The van der Waals surface area contributed by atoms with Crippen molar-refractivity contribution in [3.05, 3.63) is 70.8 Å². The van der Waals surface area contributed by atoms with Crippen LogP contribution in [0, 0.1) is 6.92 Å². The molecule has 2 aromatic rings. The molecule has 21 heavy (non-hydrogen) atoms. The smallest absolute Gasteiger partial charge is 0.323 e. The fraction of sp³-hybridized carbons (Fsp3) is 0.278. The maximum Gasteiger partial charge on any atom is 0.323 e. The minimum Gasteiger partial charge on any atom is -0.460 e. The molecule has 1 aliphatic rings. The van der Waals surface area contributed by atoms with Gasteiger partial charge >= 0.3 is 5.97 Å². The van der Waals surface area contributed by atoms with Crippen molar-refractivity contribution in [1.29, 1.82) is 0 Å². The minimum absolute atomic E-state index is 0.175. The second kappa shape index (κ2) is 6.10. The molecule has 3 nitrogen and oxygen atoms in total. The number of esters is 1. The van der Waals surface area contributed by atoms with E-state index < -0.39 is 0 Å². The normalized spacial score (nSPS) is 17.1. The van der Waals surface area contributed by atoms with E-state index in [1.807, 2.05) is 30.3 Å². The van der Waals surface area contributed by atoms with Gasteiger partial charge in [0.1, 0.15) is 12.6 Å². The van der Waals surface area contributed by atoms with Gasteiger partial charge in [0.25, 0.3) is 0 Å². The zero-order valence-corrected chi connectivity index (χ0v) is 12.1. The number of hydrogen-bond donors (Lipinski definition) is 1. The van der Waals surface area contributed by atoms with Crippen molar-refractivity contribution in [3.8, 4) is 0 Å². The maximum atomic E-state index is 12.2. The van der Waals surface area contributed by atoms with Gasteiger partial charge in [-0.05, 0) is 30.0 Å². The Labute approximate surface area is 124 Å². The minimum atomic E-state index is -0.247. The molecule has 0 radical (unpaired) electrons. The standard InChI is InChI=1S/C18H19NO2/c1-13-7-8-15-11-19-17(10-16(15)9-13)18(20)21-12-14-5-3-2-4-6-14/h2-9,17,19H,10-12H2,1H3. The number of ether oxygens (including phenoxy) is 1. The Morgan fingerprint density at radius 1 is 1.19 bits per heavy atom. The number of nitrogens with one attached hydrogen (secondary N) is 1. The predicted molar refractivity (Wildman–Crippen MR) is 81.7 cm³/mol. The third-order valence-corrected chi connectivity index (χ3v) is 3.83. The zero-order chi connectivity index (χ0) is 14.7. The van der Waals surface area contributed by atoms with Gasteiger partial charge in [-0.1, -0.05) is 54.1 Å². The second-order valence-corrected chi connectivity index (χ2v) is 5.50. The molecule has 1 unspecified atom stereocenters. The predicted octanol–water partition coefficient (Wildman–Crippen LogP) is 2.75. The zero-order valence-electron chi connectivity index (χ0n) is 12.1. The first kappa shape index (κ1) is 13.8. The molecule has 2 aromatic carbocycles. The summed E-state index contributed by atoms with van der Waals surface area (Å²) in [5.74, 6) is -0.175. The van der Waals surface area contributed by atoms with Crippen LogP contribution in [0.2, 0.25) is 0 Å². The maximum absolute atomic E-state index is 12.2. The van der Waals surface area contributed by atoms with Gasteiger partial charge in [-0.25, -0.2) is 0 Å². The van der Waals surface area contributed by atoms with Gasteiger partial charge in [0.2, 0.25) is 0 Å². The monoisotopic (exact) mass is 281 g/mol. The molecule has 3 rings (SSSR count). The van der Waals surface area contributed by atoms with Gasteiger partial charge in [-0.3, -0.25) is 4.79 Å². The van der Waals surface area contributed by atoms with Crippen LogP contribution < -0.4 is 5.32 Å². The van der Waals surface area contributed by atoms with E-state index in [9.17, 15) is 4.79 Å². The summed E-state index contributed by atoms with van der Waals surface area (Å²) in [6.07, 6.45) is 0.699. The second-order valence-electron chi connectivity index (χ2n) is 5.50. The first-order chi connectivity index (χ1) is 10.2. The molecule has 0 saturated carbocycles. The van der Waals surface area contributed by atoms with Crippen LogP contribution in [0.3, 0.4) is 0 Å². The Hall–Kier alpha value is -2.13. The van der Waals surface area contributed by atoms with Crippen molar-refractivity contribution in [2.24, 2.45) is 0 Å². The highest BCUT2D eigenvalue weighted by atomic mass is 16.5. The van der Waals surface area contributed by atoms with Crippen molar-refractivity contribution in [2.75, 3.05) is 0 Å². The average molecular weight is 281 g/mol. The molecule has 0 amide bonds. The Morgan fingerprint density at radius 2 is 2.00 bits per heavy atom. The van der Waals surface area contributed by atoms with Crippen LogP contribution in [-0.4, -0.2) is 12.0 Å². The summed E-state index contributed by atoms with van der Waals surface area (Å²) < 4.78 is 5.41. The van der Waals surface area contributed by atoms with Gasteiger partial charge in [0.05, 0.1) is 0 Å². The Morgan fingerprint density at radius 3 is 2.81 bits per heavy atom. The first-order valence-corrected chi connectivity index (χ1v) is 7.25. The van der Waals surface area contributed by atoms with Crippen LogP contribution in [0.1, 0.15) is 22.3 Å². The van der Waals surface area contributed by atoms with E-state index in [4.69, 9.17) is 4.74 Å². The van der Waals surface area contributed by atoms with Gasteiger partial charge in [-0.15, -0.1) is 0 Å². The summed E-state index contributed by atoms with van der Waals surface area (Å²) in [6, 6.07) is 15.9. The highest BCUT2D eigenvalue weighted by Gasteiger charge is 2.25. The summed E-state index contributed by atoms with van der Waals surface area (Å²) in [4.78, 5) is 12.2. The van der Waals surface area contributed by atoms with E-state index in [2.05, 4.69) is 30.4 Å². The van der Waals surface area contributed by atoms with Crippen LogP contribution in [-0.2, 0) is 29.1 Å². The van der Waals surface area contributed by atoms with E-state index in [0.29, 0.717) is 13.0 Å². The molecule has 0 spiro atoms. The fourth-order valence-corrected chi connectivity index (χ4v) is 2.64. The van der Waals surface area contributed by atoms with Crippen LogP contribution >= 0.6 is 0 Å². The highest BCUT2D eigenvalue weighted by Crippen LogP contribution is 2.19. The van der Waals surface area contributed by atoms with Crippen molar-refractivity contribution < 1.29 is 9.53 Å². The lowest BCUT2D eigenvalue weighted by Crippen LogP contribution is -2.42. The lowest BCUT2D eigenvalue weighted by Gasteiger charge is -2.25. The molecular formula is C18H19NO2. The highest BCUT2D eigenvalue weighted by molar-refractivity contribution is 5.76. The Balaban J connectivity index is 1.61. The van der Waals surface area contributed by atoms with E-state index in [1.54, 1.807) is 0 Å². The molecule has 0 saturated heterocycles. The summed E-state index contributed by atoms with van der Waals surface area (Å²) in [5, 5.41) is 3.26. The topological polar surface area (TPSA) is 38.3 Å². The molecule has 0 aromatic heterocycles. The Kier molecular flexibility index (Phi) is 4.02. The number of carbonyl (C=O) groups excluding carboxylic acids is 1. The molecule has 1 N–H and O–H groups in total. The fourth-order valence-electron chi connectivity index (χ4n) is 2.64. The van der Waals surface area contributed by atoms with E-state index in [1.165, 1.54) is 16.7 Å². The van der Waals surface area contributed by atoms with Crippen LogP contribution in [0.25, 0.3) is 0 Å². The molecule has 0 fully saturated rings. The van der Waals surface area contributed by atoms with Gasteiger partial charge < -0.3 is 10.1 Å². The average Bonchev–Trinajstić information content (AvgIpc) is 2.53.